The number of piperidine rings is 1. The zero-order chi connectivity index (χ0) is 22.9. The number of hydrogen-bond donors (Lipinski definition) is 4. The molecule has 4 fully saturated rings. The normalized spacial score (nSPS) is 40.4. The molecule has 4 aliphatic rings. The van der Waals surface area contributed by atoms with E-state index in [9.17, 15) is 8.42 Å². The molecule has 3 heterocycles. The summed E-state index contributed by atoms with van der Waals surface area (Å²) in [4.78, 5) is 0. The van der Waals surface area contributed by atoms with Gasteiger partial charge in [-0.05, 0) is 50.5 Å². The number of rotatable bonds is 8. The Bertz CT molecular complexity index is 723. The number of hydrazine groups is 2. The molecule has 1 saturated carbocycles. The minimum absolute atomic E-state index is 0.106. The molecule has 3 saturated heterocycles. The van der Waals surface area contributed by atoms with Gasteiger partial charge in [0.05, 0.1) is 24.4 Å². The van der Waals surface area contributed by atoms with Gasteiger partial charge in [0.2, 0.25) is 10.0 Å². The van der Waals surface area contributed by atoms with Crippen molar-refractivity contribution < 1.29 is 17.9 Å². The lowest BCUT2D eigenvalue weighted by molar-refractivity contribution is 0.00289. The second kappa shape index (κ2) is 10.5. The highest BCUT2D eigenvalue weighted by molar-refractivity contribution is 7.90. The Labute approximate surface area is 193 Å². The first-order chi connectivity index (χ1) is 15.4. The number of ether oxygens (including phenoxy) is 2. The fraction of sp³-hybridized carbons (Fsp3) is 1.00. The molecule has 1 aliphatic carbocycles. The zero-order valence-electron chi connectivity index (χ0n) is 19.9. The maximum atomic E-state index is 13.4. The lowest BCUT2D eigenvalue weighted by Crippen LogP contribution is -2.61. The number of likely N-dealkylation sites (N-methyl/N-ethyl adjacent to an activating group) is 1. The molecule has 0 bridgehead atoms. The highest BCUT2D eigenvalue weighted by Crippen LogP contribution is 2.33. The first-order valence-electron chi connectivity index (χ1n) is 12.1. The summed E-state index contributed by atoms with van der Waals surface area (Å²) >= 11 is 0. The third-order valence-electron chi connectivity index (χ3n) is 8.12. The molecule has 8 atom stereocenters. The monoisotopic (exact) mass is 474 g/mol. The average Bonchev–Trinajstić information content (AvgIpc) is 3.43. The third-order valence-corrected chi connectivity index (χ3v) is 9.91. The molecule has 0 amide bonds. The molecule has 4 rings (SSSR count). The molecular weight excluding hydrogens is 432 g/mol. The molecule has 7 unspecified atom stereocenters. The van der Waals surface area contributed by atoms with Crippen molar-refractivity contribution in [2.24, 2.45) is 11.8 Å². The number of nitrogens with one attached hydrogen (secondary N) is 4. The standard InChI is InChI=1S/C21H42N6O4S/c1-5-17(30-3)14-8-9-22-19(10-14)27-13-16(12-24-27)32(28,29)25-20-18(31-4)7-6-15-11-23-26(2)21(15)20/h14-25H,5-13H2,1-4H3/t14?,15?,16?,17-,18?,19?,20?,21?/m1/s1. The molecular formula is C21H42N6O4S. The SMILES string of the molecule is CC[C@@H](OC)C1CCNC(N2CC(S(=O)(=O)NC3C(OC)CCC4CNN(C)C43)CN2)C1. The van der Waals surface area contributed by atoms with Crippen molar-refractivity contribution in [3.8, 4) is 0 Å². The number of fused-ring (bicyclic) bond motifs is 1. The van der Waals surface area contributed by atoms with Crippen molar-refractivity contribution in [3.63, 3.8) is 0 Å². The van der Waals surface area contributed by atoms with Crippen molar-refractivity contribution in [1.82, 2.24) is 30.9 Å². The van der Waals surface area contributed by atoms with Gasteiger partial charge in [-0.1, -0.05) is 6.92 Å². The average molecular weight is 475 g/mol. The van der Waals surface area contributed by atoms with Crippen LogP contribution in [0.1, 0.15) is 39.0 Å². The van der Waals surface area contributed by atoms with Crippen LogP contribution in [0.3, 0.4) is 0 Å². The van der Waals surface area contributed by atoms with E-state index in [-0.39, 0.29) is 30.5 Å². The predicted molar refractivity (Wildman–Crippen MR) is 123 cm³/mol. The molecule has 0 spiro atoms. The number of methoxy groups -OCH3 is 2. The topological polar surface area (TPSA) is 107 Å². The van der Waals surface area contributed by atoms with Gasteiger partial charge in [0.25, 0.3) is 0 Å². The number of nitrogens with zero attached hydrogens (tertiary/aromatic N) is 2. The van der Waals surface area contributed by atoms with Crippen LogP contribution in [-0.2, 0) is 19.5 Å². The highest BCUT2D eigenvalue weighted by Gasteiger charge is 2.48. The quantitative estimate of drug-likeness (QED) is 0.369. The molecule has 0 radical (unpaired) electrons. The second-order valence-electron chi connectivity index (χ2n) is 9.84. The van der Waals surface area contributed by atoms with E-state index in [4.69, 9.17) is 9.47 Å². The summed E-state index contributed by atoms with van der Waals surface area (Å²) in [7, 11) is 1.95. The fourth-order valence-electron chi connectivity index (χ4n) is 6.29. The van der Waals surface area contributed by atoms with Gasteiger partial charge in [0, 0.05) is 46.9 Å². The van der Waals surface area contributed by atoms with E-state index < -0.39 is 15.3 Å². The van der Waals surface area contributed by atoms with Gasteiger partial charge in [0.1, 0.15) is 5.25 Å². The highest BCUT2D eigenvalue weighted by atomic mass is 32.2. The Kier molecular flexibility index (Phi) is 8.11. The van der Waals surface area contributed by atoms with Crippen molar-refractivity contribution >= 4 is 10.0 Å². The first-order valence-corrected chi connectivity index (χ1v) is 13.7. The van der Waals surface area contributed by atoms with Gasteiger partial charge >= 0.3 is 0 Å². The van der Waals surface area contributed by atoms with Crippen LogP contribution in [0.5, 0.6) is 0 Å². The van der Waals surface area contributed by atoms with Crippen LogP contribution in [-0.4, -0.2) is 102 Å². The van der Waals surface area contributed by atoms with Gasteiger partial charge in [0.15, 0.2) is 0 Å². The van der Waals surface area contributed by atoms with E-state index in [2.05, 4.69) is 37.8 Å². The Morgan fingerprint density at radius 1 is 1.16 bits per heavy atom. The summed E-state index contributed by atoms with van der Waals surface area (Å²) in [6, 6.07) is -0.142. The van der Waals surface area contributed by atoms with Crippen LogP contribution in [0.25, 0.3) is 0 Å². The smallest absolute Gasteiger partial charge is 0.217 e. The maximum absolute atomic E-state index is 13.4. The van der Waals surface area contributed by atoms with E-state index >= 15 is 0 Å². The summed E-state index contributed by atoms with van der Waals surface area (Å²) in [6.45, 7) is 4.86. The van der Waals surface area contributed by atoms with Gasteiger partial charge in [-0.3, -0.25) is 10.9 Å². The van der Waals surface area contributed by atoms with Crippen LogP contribution >= 0.6 is 0 Å². The minimum Gasteiger partial charge on any atom is -0.381 e. The minimum atomic E-state index is -3.52. The van der Waals surface area contributed by atoms with Gasteiger partial charge in [-0.25, -0.2) is 23.2 Å². The predicted octanol–water partition coefficient (Wildman–Crippen LogP) is -0.542. The Hall–Kier alpha value is -0.370. The Morgan fingerprint density at radius 3 is 2.69 bits per heavy atom. The summed E-state index contributed by atoms with van der Waals surface area (Å²) in [5.74, 6) is 0.923. The van der Waals surface area contributed by atoms with E-state index in [0.717, 1.165) is 45.2 Å². The van der Waals surface area contributed by atoms with E-state index in [1.807, 2.05) is 7.05 Å². The number of sulfonamides is 1. The lowest BCUT2D eigenvalue weighted by atomic mass is 9.80. The molecule has 11 heteroatoms. The summed E-state index contributed by atoms with van der Waals surface area (Å²) < 4.78 is 41.3. The largest absolute Gasteiger partial charge is 0.381 e. The van der Waals surface area contributed by atoms with Gasteiger partial charge < -0.3 is 14.8 Å². The number of hydrogen-bond acceptors (Lipinski definition) is 9. The first kappa shape index (κ1) is 24.7. The Morgan fingerprint density at radius 2 is 1.97 bits per heavy atom. The lowest BCUT2D eigenvalue weighted by Gasteiger charge is -2.41. The van der Waals surface area contributed by atoms with Crippen LogP contribution < -0.4 is 20.9 Å². The third kappa shape index (κ3) is 5.01. The van der Waals surface area contributed by atoms with Crippen LogP contribution in [0.4, 0.5) is 0 Å². The zero-order valence-corrected chi connectivity index (χ0v) is 20.7. The molecule has 32 heavy (non-hydrogen) atoms. The van der Waals surface area contributed by atoms with E-state index in [1.54, 1.807) is 14.2 Å². The molecule has 0 aromatic carbocycles. The van der Waals surface area contributed by atoms with Crippen molar-refractivity contribution in [1.29, 1.82) is 0 Å². The summed E-state index contributed by atoms with van der Waals surface area (Å²) in [5.41, 5.74) is 6.72. The van der Waals surface area contributed by atoms with Crippen molar-refractivity contribution in [2.45, 2.75) is 74.7 Å². The molecule has 10 nitrogen and oxygen atoms in total. The van der Waals surface area contributed by atoms with Gasteiger partial charge in [-0.2, -0.15) is 0 Å². The van der Waals surface area contributed by atoms with E-state index in [1.165, 1.54) is 0 Å². The van der Waals surface area contributed by atoms with Crippen LogP contribution in [0.15, 0.2) is 0 Å². The maximum Gasteiger partial charge on any atom is 0.217 e. The molecule has 4 N–H and O–H groups in total. The van der Waals surface area contributed by atoms with Gasteiger partial charge in [-0.15, -0.1) is 0 Å². The molecule has 0 aromatic rings. The van der Waals surface area contributed by atoms with Crippen LogP contribution in [0.2, 0.25) is 0 Å². The van der Waals surface area contributed by atoms with E-state index in [0.29, 0.717) is 24.9 Å². The second-order valence-corrected chi connectivity index (χ2v) is 11.8. The molecule has 186 valence electrons. The van der Waals surface area contributed by atoms with Crippen molar-refractivity contribution in [3.05, 3.63) is 0 Å². The molecule has 0 aromatic heterocycles. The molecule has 3 aliphatic heterocycles. The fourth-order valence-corrected chi connectivity index (χ4v) is 7.80. The van der Waals surface area contributed by atoms with Crippen molar-refractivity contribution in [2.75, 3.05) is 47.4 Å². The summed E-state index contributed by atoms with van der Waals surface area (Å²) in [6.07, 6.45) is 5.22. The van der Waals surface area contributed by atoms with Crippen LogP contribution in [0, 0.1) is 11.8 Å². The Balaban J connectivity index is 1.39. The summed E-state index contributed by atoms with van der Waals surface area (Å²) in [5, 5.41) is 7.21.